The largest absolute Gasteiger partial charge is 0.382 e. The highest BCUT2D eigenvalue weighted by Gasteiger charge is 2.26. The molecule has 7 heteroatoms. The average molecular weight is 400 g/mol. The predicted molar refractivity (Wildman–Crippen MR) is 113 cm³/mol. The number of anilines is 2. The first kappa shape index (κ1) is 19.2. The van der Waals surface area contributed by atoms with Gasteiger partial charge in [0.25, 0.3) is 0 Å². The van der Waals surface area contributed by atoms with Crippen LogP contribution in [0.3, 0.4) is 0 Å². The summed E-state index contributed by atoms with van der Waals surface area (Å²) >= 11 is 6.31. The van der Waals surface area contributed by atoms with Crippen molar-refractivity contribution in [1.29, 1.82) is 0 Å². The number of fused-ring (bicyclic) bond motifs is 2. The van der Waals surface area contributed by atoms with E-state index in [1.165, 1.54) is 11.3 Å². The van der Waals surface area contributed by atoms with Gasteiger partial charge in [0.15, 0.2) is 11.3 Å². The van der Waals surface area contributed by atoms with Crippen LogP contribution in [0.25, 0.3) is 11.0 Å². The third kappa shape index (κ3) is 3.25. The number of benzene rings is 1. The lowest BCUT2D eigenvalue weighted by Crippen LogP contribution is -2.27. The molecule has 3 aromatic rings. The molecule has 1 atom stereocenters. The van der Waals surface area contributed by atoms with E-state index in [1.807, 2.05) is 17.7 Å². The van der Waals surface area contributed by atoms with Crippen molar-refractivity contribution in [3.05, 3.63) is 40.0 Å². The molecule has 1 aliphatic heterocycles. The molecule has 2 aromatic heterocycles. The first-order chi connectivity index (χ1) is 13.5. The van der Waals surface area contributed by atoms with Gasteiger partial charge in [-0.05, 0) is 62.4 Å². The Morgan fingerprint density at radius 3 is 2.82 bits per heavy atom. The van der Waals surface area contributed by atoms with Crippen LogP contribution in [0.4, 0.5) is 11.5 Å². The molecule has 1 aromatic carbocycles. The van der Waals surface area contributed by atoms with Gasteiger partial charge in [-0.3, -0.25) is 0 Å². The number of hydrogen-bond donors (Lipinski definition) is 0. The highest BCUT2D eigenvalue weighted by molar-refractivity contribution is 6.30. The van der Waals surface area contributed by atoms with Crippen molar-refractivity contribution in [3.63, 3.8) is 0 Å². The summed E-state index contributed by atoms with van der Waals surface area (Å²) in [7, 11) is 1.72. The molecule has 28 heavy (non-hydrogen) atoms. The number of ether oxygens (including phenoxy) is 1. The van der Waals surface area contributed by atoms with Crippen LogP contribution >= 0.6 is 11.6 Å². The molecule has 0 saturated carbocycles. The van der Waals surface area contributed by atoms with Gasteiger partial charge in [0.1, 0.15) is 0 Å². The number of nitrogens with zero attached hydrogens (tertiary/aromatic N) is 5. The monoisotopic (exact) mass is 399 g/mol. The Morgan fingerprint density at radius 1 is 1.25 bits per heavy atom. The van der Waals surface area contributed by atoms with Gasteiger partial charge < -0.3 is 9.64 Å². The van der Waals surface area contributed by atoms with E-state index in [-0.39, 0.29) is 6.04 Å². The van der Waals surface area contributed by atoms with Crippen molar-refractivity contribution in [2.24, 2.45) is 0 Å². The number of hydrogen-bond acceptors (Lipinski definition) is 5. The number of aromatic nitrogens is 4. The van der Waals surface area contributed by atoms with Crippen molar-refractivity contribution in [2.45, 2.75) is 46.1 Å². The maximum Gasteiger partial charge on any atom is 0.163 e. The number of pyridine rings is 1. The molecule has 148 valence electrons. The molecule has 0 saturated heterocycles. The zero-order chi connectivity index (χ0) is 19.8. The molecule has 6 nitrogen and oxygen atoms in total. The zero-order valence-electron chi connectivity index (χ0n) is 16.9. The minimum absolute atomic E-state index is 0.152. The summed E-state index contributed by atoms with van der Waals surface area (Å²) < 4.78 is 7.37. The van der Waals surface area contributed by atoms with E-state index in [4.69, 9.17) is 21.3 Å². The summed E-state index contributed by atoms with van der Waals surface area (Å²) in [5.74, 6) is 0.875. The fraction of sp³-hybridized carbons (Fsp3) is 0.476. The number of rotatable bonds is 5. The summed E-state index contributed by atoms with van der Waals surface area (Å²) in [6, 6.07) is 6.31. The van der Waals surface area contributed by atoms with Crippen molar-refractivity contribution in [2.75, 3.05) is 25.2 Å². The first-order valence-corrected chi connectivity index (χ1v) is 10.2. The number of methoxy groups -OCH3 is 1. The Balaban J connectivity index is 1.89. The van der Waals surface area contributed by atoms with Gasteiger partial charge in [0.2, 0.25) is 0 Å². The van der Waals surface area contributed by atoms with Crippen LogP contribution in [0, 0.1) is 13.8 Å². The summed E-state index contributed by atoms with van der Waals surface area (Å²) in [5.41, 5.74) is 6.43. The Hall–Kier alpha value is -2.18. The number of halogens is 1. The van der Waals surface area contributed by atoms with Crippen molar-refractivity contribution in [1.82, 2.24) is 20.0 Å². The summed E-state index contributed by atoms with van der Waals surface area (Å²) in [5, 5.41) is 9.80. The average Bonchev–Trinajstić information content (AvgIpc) is 3.08. The summed E-state index contributed by atoms with van der Waals surface area (Å²) in [4.78, 5) is 7.17. The van der Waals surface area contributed by atoms with Gasteiger partial charge >= 0.3 is 0 Å². The lowest BCUT2D eigenvalue weighted by atomic mass is 9.98. The molecule has 1 aliphatic rings. The Morgan fingerprint density at radius 2 is 2.07 bits per heavy atom. The van der Waals surface area contributed by atoms with Crippen LogP contribution in [0.2, 0.25) is 5.02 Å². The van der Waals surface area contributed by atoms with Crippen LogP contribution in [0.1, 0.15) is 42.6 Å². The van der Waals surface area contributed by atoms with E-state index in [9.17, 15) is 0 Å². The second kappa shape index (κ2) is 7.68. The Bertz CT molecular complexity index is 1020. The van der Waals surface area contributed by atoms with Gasteiger partial charge in [-0.1, -0.05) is 23.7 Å². The fourth-order valence-corrected chi connectivity index (χ4v) is 4.48. The van der Waals surface area contributed by atoms with Crippen LogP contribution < -0.4 is 4.90 Å². The quantitative estimate of drug-likeness (QED) is 0.618. The van der Waals surface area contributed by atoms with E-state index in [0.717, 1.165) is 58.9 Å². The Kier molecular flexibility index (Phi) is 5.25. The molecular formula is C21H26ClN5O. The molecule has 0 fully saturated rings. The molecule has 0 aliphatic carbocycles. The van der Waals surface area contributed by atoms with Crippen LogP contribution in [0.15, 0.2) is 18.2 Å². The summed E-state index contributed by atoms with van der Waals surface area (Å²) in [6.07, 6.45) is 3.01. The van der Waals surface area contributed by atoms with Gasteiger partial charge in [0, 0.05) is 30.1 Å². The Labute approximate surface area is 170 Å². The minimum atomic E-state index is 0.152. The van der Waals surface area contributed by atoms with Gasteiger partial charge in [-0.15, -0.1) is 5.10 Å². The lowest BCUT2D eigenvalue weighted by molar-refractivity contribution is 0.148. The smallest absolute Gasteiger partial charge is 0.163 e. The molecule has 1 unspecified atom stereocenters. The van der Waals surface area contributed by atoms with E-state index in [1.54, 1.807) is 7.11 Å². The zero-order valence-corrected chi connectivity index (χ0v) is 17.6. The third-order valence-corrected chi connectivity index (χ3v) is 5.66. The van der Waals surface area contributed by atoms with Crippen molar-refractivity contribution < 1.29 is 4.74 Å². The molecule has 0 bridgehead atoms. The van der Waals surface area contributed by atoms with E-state index in [2.05, 4.69) is 41.2 Å². The maximum atomic E-state index is 6.31. The molecule has 0 N–H and O–H groups in total. The summed E-state index contributed by atoms with van der Waals surface area (Å²) in [6.45, 7) is 7.79. The second-order valence-electron chi connectivity index (χ2n) is 7.49. The lowest BCUT2D eigenvalue weighted by Gasteiger charge is -2.32. The maximum absolute atomic E-state index is 6.31. The van der Waals surface area contributed by atoms with Crippen molar-refractivity contribution in [3.8, 4) is 0 Å². The molecule has 0 amide bonds. The molecule has 4 rings (SSSR count). The van der Waals surface area contributed by atoms with Crippen LogP contribution in [-0.4, -0.2) is 40.2 Å². The molecule has 3 heterocycles. The van der Waals surface area contributed by atoms with Crippen LogP contribution in [0.5, 0.6) is 0 Å². The second-order valence-corrected chi connectivity index (χ2v) is 7.93. The molecular weight excluding hydrogens is 374 g/mol. The first-order valence-electron chi connectivity index (χ1n) is 9.81. The molecule has 0 spiro atoms. The number of aryl methyl sites for hydroxylation is 3. The van der Waals surface area contributed by atoms with Gasteiger partial charge in [-0.2, -0.15) is 0 Å². The third-order valence-electron chi connectivity index (χ3n) is 5.44. The van der Waals surface area contributed by atoms with E-state index in [0.29, 0.717) is 6.61 Å². The van der Waals surface area contributed by atoms with E-state index < -0.39 is 0 Å². The highest BCUT2D eigenvalue weighted by Crippen LogP contribution is 2.39. The SMILES string of the molecule is CCC(COC)n1nnc2c(N3CCCc4cc(Cl)cc(C)c43)nc(C)cc21. The standard InChI is InChI=1S/C21H26ClN5O/c1-5-17(12-28-4)27-18-10-14(3)23-21(19(18)24-25-27)26-8-6-7-15-11-16(22)9-13(2)20(15)26/h9-11,17H,5-8,12H2,1-4H3. The predicted octanol–water partition coefficient (Wildman–Crippen LogP) is 4.78. The van der Waals surface area contributed by atoms with Crippen LogP contribution in [-0.2, 0) is 11.2 Å². The van der Waals surface area contributed by atoms with Gasteiger partial charge in [-0.25, -0.2) is 9.67 Å². The highest BCUT2D eigenvalue weighted by atomic mass is 35.5. The van der Waals surface area contributed by atoms with E-state index >= 15 is 0 Å². The topological polar surface area (TPSA) is 56.1 Å². The molecule has 0 radical (unpaired) electrons. The normalized spacial score (nSPS) is 15.1. The minimum Gasteiger partial charge on any atom is -0.382 e. The van der Waals surface area contributed by atoms with Gasteiger partial charge in [0.05, 0.1) is 18.2 Å². The fourth-order valence-electron chi connectivity index (χ4n) is 4.19. The van der Waals surface area contributed by atoms with Crippen molar-refractivity contribution >= 4 is 34.1 Å².